The second kappa shape index (κ2) is 6.07. The van der Waals surface area contributed by atoms with Gasteiger partial charge in [-0.15, -0.1) is 11.3 Å². The summed E-state index contributed by atoms with van der Waals surface area (Å²) in [5.74, 6) is -1.53. The normalized spacial score (nSPS) is 11.2. The number of hydrogen-bond acceptors (Lipinski definition) is 4. The molecule has 112 valence electrons. The second-order valence-electron chi connectivity index (χ2n) is 3.96. The van der Waals surface area contributed by atoms with E-state index in [4.69, 9.17) is 5.11 Å². The van der Waals surface area contributed by atoms with E-state index in [1.165, 1.54) is 0 Å². The molecule has 2 N–H and O–H groups in total. The Kier molecular flexibility index (Phi) is 4.93. The van der Waals surface area contributed by atoms with Crippen molar-refractivity contribution in [2.75, 3.05) is 18.4 Å². The van der Waals surface area contributed by atoms with Crippen LogP contribution in [0.5, 0.6) is 0 Å². The van der Waals surface area contributed by atoms with Crippen LogP contribution in [0.3, 0.4) is 0 Å². The smallest absolute Gasteiger partial charge is 0.406 e. The van der Waals surface area contributed by atoms with Gasteiger partial charge in [-0.25, -0.2) is 9.78 Å². The van der Waals surface area contributed by atoms with E-state index >= 15 is 0 Å². The van der Waals surface area contributed by atoms with Crippen molar-refractivity contribution < 1.29 is 27.9 Å². The van der Waals surface area contributed by atoms with Crippen molar-refractivity contribution in [2.24, 2.45) is 0 Å². The van der Waals surface area contributed by atoms with Crippen molar-refractivity contribution in [3.63, 3.8) is 0 Å². The van der Waals surface area contributed by atoms with Gasteiger partial charge in [0.25, 0.3) is 0 Å². The summed E-state index contributed by atoms with van der Waals surface area (Å²) in [5.41, 5.74) is 0.644. The molecule has 0 unspecified atom stereocenters. The lowest BCUT2D eigenvalue weighted by Gasteiger charge is -2.21. The first kappa shape index (κ1) is 16.2. The first-order valence-corrected chi connectivity index (χ1v) is 6.18. The number of aryl methyl sites for hydroxylation is 2. The molecule has 0 aliphatic carbocycles. The summed E-state index contributed by atoms with van der Waals surface area (Å²) < 4.78 is 36.9. The third-order valence-corrected chi connectivity index (χ3v) is 3.21. The highest BCUT2D eigenvalue weighted by molar-refractivity contribution is 7.15. The van der Waals surface area contributed by atoms with Gasteiger partial charge >= 0.3 is 18.2 Å². The summed E-state index contributed by atoms with van der Waals surface area (Å²) in [7, 11) is 0. The number of anilines is 1. The number of amides is 2. The van der Waals surface area contributed by atoms with Gasteiger partial charge in [-0.1, -0.05) is 0 Å². The van der Waals surface area contributed by atoms with Gasteiger partial charge in [-0.3, -0.25) is 10.1 Å². The molecule has 20 heavy (non-hydrogen) atoms. The highest BCUT2D eigenvalue weighted by Gasteiger charge is 2.34. The zero-order valence-electron chi connectivity index (χ0n) is 10.6. The van der Waals surface area contributed by atoms with Crippen LogP contribution in [0.2, 0.25) is 0 Å². The standard InChI is InChI=1S/C10H12F3N3O3S/c1-5-6(2)20-8(14-5)15-9(19)16(3-7(17)18)4-10(11,12)13/h3-4H2,1-2H3,(H,17,18)(H,14,15,19). The third-order valence-electron chi connectivity index (χ3n) is 2.23. The molecule has 0 bridgehead atoms. The number of carboxylic acids is 1. The molecule has 0 aliphatic heterocycles. The summed E-state index contributed by atoms with van der Waals surface area (Å²) in [6, 6.07) is -1.15. The number of nitrogens with zero attached hydrogens (tertiary/aromatic N) is 2. The Hall–Kier alpha value is -1.84. The Labute approximate surface area is 116 Å². The second-order valence-corrected chi connectivity index (χ2v) is 5.16. The first-order chi connectivity index (χ1) is 9.08. The van der Waals surface area contributed by atoms with Crippen LogP contribution in [-0.2, 0) is 4.79 Å². The number of carbonyl (C=O) groups excluding carboxylic acids is 1. The maximum Gasteiger partial charge on any atom is 0.406 e. The van der Waals surface area contributed by atoms with Crippen molar-refractivity contribution in [1.82, 2.24) is 9.88 Å². The number of carboxylic acid groups (broad SMARTS) is 1. The van der Waals surface area contributed by atoms with Crippen LogP contribution < -0.4 is 5.32 Å². The van der Waals surface area contributed by atoms with Gasteiger partial charge in [0.2, 0.25) is 0 Å². The number of urea groups is 1. The number of aliphatic carboxylic acids is 1. The first-order valence-electron chi connectivity index (χ1n) is 5.37. The molecular formula is C10H12F3N3O3S. The van der Waals surface area contributed by atoms with Crippen molar-refractivity contribution >= 4 is 28.5 Å². The zero-order valence-corrected chi connectivity index (χ0v) is 11.4. The van der Waals surface area contributed by atoms with E-state index < -0.39 is 31.3 Å². The number of hydrogen-bond donors (Lipinski definition) is 2. The van der Waals surface area contributed by atoms with Gasteiger partial charge in [0, 0.05) is 4.88 Å². The van der Waals surface area contributed by atoms with Gasteiger partial charge in [-0.05, 0) is 13.8 Å². The predicted octanol–water partition coefficient (Wildman–Crippen LogP) is 2.24. The van der Waals surface area contributed by atoms with Crippen LogP contribution in [-0.4, -0.2) is 46.3 Å². The lowest BCUT2D eigenvalue weighted by molar-refractivity contribution is -0.148. The fourth-order valence-corrected chi connectivity index (χ4v) is 2.08. The van der Waals surface area contributed by atoms with Gasteiger partial charge in [0.05, 0.1) is 5.69 Å². The fourth-order valence-electron chi connectivity index (χ4n) is 1.28. The molecule has 0 atom stereocenters. The Balaban J connectivity index is 2.79. The molecule has 0 spiro atoms. The molecule has 0 aliphatic rings. The van der Waals surface area contributed by atoms with E-state index in [-0.39, 0.29) is 10.0 Å². The van der Waals surface area contributed by atoms with Crippen molar-refractivity contribution in [3.8, 4) is 0 Å². The third kappa shape index (κ3) is 5.03. The lowest BCUT2D eigenvalue weighted by Crippen LogP contribution is -2.44. The lowest BCUT2D eigenvalue weighted by atomic mass is 10.4. The van der Waals surface area contributed by atoms with Crippen molar-refractivity contribution in [1.29, 1.82) is 0 Å². The van der Waals surface area contributed by atoms with E-state index in [1.807, 2.05) is 0 Å². The van der Waals surface area contributed by atoms with Gasteiger partial charge in [0.15, 0.2) is 5.13 Å². The van der Waals surface area contributed by atoms with Crippen LogP contribution >= 0.6 is 11.3 Å². The minimum absolute atomic E-state index is 0.127. The van der Waals surface area contributed by atoms with E-state index in [9.17, 15) is 22.8 Å². The Morgan fingerprint density at radius 3 is 2.40 bits per heavy atom. The van der Waals surface area contributed by atoms with Crippen LogP contribution in [0.4, 0.5) is 23.1 Å². The van der Waals surface area contributed by atoms with E-state index in [2.05, 4.69) is 10.3 Å². The molecule has 0 saturated heterocycles. The van der Waals surface area contributed by atoms with Crippen LogP contribution in [0.25, 0.3) is 0 Å². The maximum atomic E-state index is 12.3. The molecule has 1 rings (SSSR count). The summed E-state index contributed by atoms with van der Waals surface area (Å²) in [6.45, 7) is 0.739. The van der Waals surface area contributed by atoms with Crippen molar-refractivity contribution in [3.05, 3.63) is 10.6 Å². The number of rotatable bonds is 4. The number of halogens is 3. The topological polar surface area (TPSA) is 82.5 Å². The molecule has 0 aromatic carbocycles. The molecule has 0 saturated carbocycles. The summed E-state index contributed by atoms with van der Waals surface area (Å²) in [4.78, 5) is 27.1. The predicted molar refractivity (Wildman–Crippen MR) is 65.9 cm³/mol. The largest absolute Gasteiger partial charge is 0.480 e. The number of alkyl halides is 3. The number of carbonyl (C=O) groups is 2. The summed E-state index contributed by atoms with van der Waals surface area (Å²) >= 11 is 1.10. The molecule has 10 heteroatoms. The maximum absolute atomic E-state index is 12.3. The monoisotopic (exact) mass is 311 g/mol. The van der Waals surface area contributed by atoms with Crippen LogP contribution in [0.15, 0.2) is 0 Å². The minimum Gasteiger partial charge on any atom is -0.480 e. The molecular weight excluding hydrogens is 299 g/mol. The Morgan fingerprint density at radius 2 is 2.00 bits per heavy atom. The molecule has 0 radical (unpaired) electrons. The van der Waals surface area contributed by atoms with E-state index in [1.54, 1.807) is 13.8 Å². The van der Waals surface area contributed by atoms with Gasteiger partial charge < -0.3 is 10.0 Å². The molecule has 1 aromatic heterocycles. The minimum atomic E-state index is -4.68. The SMILES string of the molecule is Cc1nc(NC(=O)N(CC(=O)O)CC(F)(F)F)sc1C. The van der Waals surface area contributed by atoms with Crippen molar-refractivity contribution in [2.45, 2.75) is 20.0 Å². The Bertz CT molecular complexity index is 496. The van der Waals surface area contributed by atoms with E-state index in [0.717, 1.165) is 16.2 Å². The zero-order chi connectivity index (χ0) is 15.5. The average molecular weight is 311 g/mol. The summed E-state index contributed by atoms with van der Waals surface area (Å²) in [6.07, 6.45) is -4.68. The number of aromatic nitrogens is 1. The highest BCUT2D eigenvalue weighted by Crippen LogP contribution is 2.22. The van der Waals surface area contributed by atoms with Crippen LogP contribution in [0, 0.1) is 13.8 Å². The number of thiazole rings is 1. The molecule has 6 nitrogen and oxygen atoms in total. The quantitative estimate of drug-likeness (QED) is 0.893. The average Bonchev–Trinajstić information content (AvgIpc) is 2.54. The highest BCUT2D eigenvalue weighted by atomic mass is 32.1. The Morgan fingerprint density at radius 1 is 1.40 bits per heavy atom. The molecule has 0 fully saturated rings. The molecule has 1 aromatic rings. The van der Waals surface area contributed by atoms with Crippen LogP contribution in [0.1, 0.15) is 10.6 Å². The molecule has 1 heterocycles. The van der Waals surface area contributed by atoms with E-state index in [0.29, 0.717) is 5.69 Å². The van der Waals surface area contributed by atoms with Gasteiger partial charge in [-0.2, -0.15) is 13.2 Å². The summed E-state index contributed by atoms with van der Waals surface area (Å²) in [5, 5.41) is 10.8. The fraction of sp³-hybridized carbons (Fsp3) is 0.500. The number of nitrogens with one attached hydrogen (secondary N) is 1. The van der Waals surface area contributed by atoms with Gasteiger partial charge in [0.1, 0.15) is 13.1 Å². The molecule has 2 amide bonds.